The first-order valence-corrected chi connectivity index (χ1v) is 14.6. The van der Waals surface area contributed by atoms with E-state index in [1.165, 1.54) is 24.9 Å². The lowest BCUT2D eigenvalue weighted by Gasteiger charge is -2.40. The molecule has 10 heteroatoms. The molecule has 3 fully saturated rings. The van der Waals surface area contributed by atoms with Crippen molar-refractivity contribution in [3.05, 3.63) is 55.1 Å². The molecule has 0 spiro atoms. The third-order valence-electron chi connectivity index (χ3n) is 8.44. The molecule has 3 N–H and O–H groups in total. The summed E-state index contributed by atoms with van der Waals surface area (Å²) in [5.41, 5.74) is 3.75. The number of hydrogen-bond donors (Lipinski definition) is 3. The Bertz CT molecular complexity index is 1480. The van der Waals surface area contributed by atoms with E-state index in [0.29, 0.717) is 23.9 Å². The summed E-state index contributed by atoms with van der Waals surface area (Å²) in [5.74, 6) is 0.963. The van der Waals surface area contributed by atoms with E-state index < -0.39 is 0 Å². The highest BCUT2D eigenvalue weighted by atomic mass is 16.4. The smallest absolute Gasteiger partial charge is 0.295 e. The number of nitrogens with one attached hydrogen (secondary N) is 3. The fourth-order valence-corrected chi connectivity index (χ4v) is 6.12. The van der Waals surface area contributed by atoms with Gasteiger partial charge in [-0.15, -0.1) is 0 Å². The summed E-state index contributed by atoms with van der Waals surface area (Å²) in [5, 5.41) is 14.9. The SMILES string of the molecule is O=C(Nc1cccc(-c2cnc(N[C@@H]3CCCC[C@H]3N[C@H]3CCCN(c4ccc5ncnn5c4)C3)o2)c1)C1CC1. The Labute approximate surface area is 233 Å². The van der Waals surface area contributed by atoms with Crippen molar-refractivity contribution in [2.75, 3.05) is 28.6 Å². The summed E-state index contributed by atoms with van der Waals surface area (Å²) >= 11 is 0. The molecule has 3 aliphatic rings. The van der Waals surface area contributed by atoms with Gasteiger partial charge in [0.25, 0.3) is 6.01 Å². The number of piperidine rings is 1. The summed E-state index contributed by atoms with van der Waals surface area (Å²) in [7, 11) is 0. The van der Waals surface area contributed by atoms with Gasteiger partial charge >= 0.3 is 0 Å². The summed E-state index contributed by atoms with van der Waals surface area (Å²) in [4.78, 5) is 23.5. The van der Waals surface area contributed by atoms with E-state index in [1.54, 1.807) is 12.5 Å². The van der Waals surface area contributed by atoms with Gasteiger partial charge in [0.15, 0.2) is 11.4 Å². The van der Waals surface area contributed by atoms with Crippen LogP contribution in [0.2, 0.25) is 0 Å². The van der Waals surface area contributed by atoms with E-state index >= 15 is 0 Å². The van der Waals surface area contributed by atoms with Gasteiger partial charge in [0.05, 0.1) is 18.1 Å². The van der Waals surface area contributed by atoms with Gasteiger partial charge in [-0.25, -0.2) is 14.5 Å². The maximum Gasteiger partial charge on any atom is 0.295 e. The molecule has 2 aliphatic carbocycles. The van der Waals surface area contributed by atoms with Crippen molar-refractivity contribution in [1.82, 2.24) is 24.9 Å². The van der Waals surface area contributed by atoms with Crippen molar-refractivity contribution in [3.63, 3.8) is 0 Å². The number of aromatic nitrogens is 4. The predicted molar refractivity (Wildman–Crippen MR) is 154 cm³/mol. The lowest BCUT2D eigenvalue weighted by molar-refractivity contribution is -0.117. The van der Waals surface area contributed by atoms with Gasteiger partial charge in [0.2, 0.25) is 5.91 Å². The Morgan fingerprint density at radius 2 is 1.88 bits per heavy atom. The fourth-order valence-electron chi connectivity index (χ4n) is 6.12. The number of fused-ring (bicyclic) bond motifs is 1. The first-order valence-electron chi connectivity index (χ1n) is 14.6. The molecule has 4 aromatic rings. The number of amides is 1. The quantitative estimate of drug-likeness (QED) is 0.295. The van der Waals surface area contributed by atoms with Gasteiger partial charge in [-0.1, -0.05) is 25.0 Å². The lowest BCUT2D eigenvalue weighted by Crippen LogP contribution is -2.54. The van der Waals surface area contributed by atoms with E-state index in [4.69, 9.17) is 4.42 Å². The Balaban J connectivity index is 0.990. The first-order chi connectivity index (χ1) is 19.7. The number of anilines is 3. The van der Waals surface area contributed by atoms with Gasteiger partial charge in [-0.05, 0) is 62.8 Å². The van der Waals surface area contributed by atoms with Crippen LogP contribution in [-0.4, -0.2) is 56.7 Å². The second kappa shape index (κ2) is 10.9. The number of oxazole rings is 1. The zero-order valence-electron chi connectivity index (χ0n) is 22.6. The minimum absolute atomic E-state index is 0.102. The van der Waals surface area contributed by atoms with Crippen molar-refractivity contribution >= 4 is 28.9 Å². The molecule has 1 aliphatic heterocycles. The molecule has 3 atom stereocenters. The number of rotatable bonds is 8. The van der Waals surface area contributed by atoms with Crippen LogP contribution in [0.15, 0.2) is 59.5 Å². The highest BCUT2D eigenvalue weighted by molar-refractivity contribution is 5.94. The van der Waals surface area contributed by atoms with Crippen LogP contribution >= 0.6 is 0 Å². The average Bonchev–Trinajstić information content (AvgIpc) is 3.55. The van der Waals surface area contributed by atoms with Crippen LogP contribution in [0.1, 0.15) is 51.4 Å². The van der Waals surface area contributed by atoms with Crippen LogP contribution in [0.25, 0.3) is 17.0 Å². The number of pyridine rings is 1. The van der Waals surface area contributed by atoms with Crippen LogP contribution in [-0.2, 0) is 4.79 Å². The van der Waals surface area contributed by atoms with Crippen LogP contribution in [0.5, 0.6) is 0 Å². The van der Waals surface area contributed by atoms with Crippen molar-refractivity contribution in [2.24, 2.45) is 5.92 Å². The number of hydrogen-bond acceptors (Lipinski definition) is 8. The Hall–Kier alpha value is -3.92. The standard InChI is InChI=1S/C30H36N8O2/c39-29(20-10-11-20)35-22-6-3-5-21(15-22)27-16-31-30(40-27)36-26-9-2-1-8-25(26)34-23-7-4-14-37(17-23)24-12-13-28-32-19-33-38(28)18-24/h3,5-6,12-13,15-16,18-20,23,25-26,34H,1-2,4,7-11,14,17H2,(H,31,36)(H,35,39)/t23-,25+,26+/m0/s1. The zero-order valence-corrected chi connectivity index (χ0v) is 22.6. The van der Waals surface area contributed by atoms with Crippen molar-refractivity contribution < 1.29 is 9.21 Å². The number of carbonyl (C=O) groups is 1. The third-order valence-corrected chi connectivity index (χ3v) is 8.44. The summed E-state index contributed by atoms with van der Waals surface area (Å²) in [6.45, 7) is 2.02. The lowest BCUT2D eigenvalue weighted by atomic mass is 9.89. The Kier molecular flexibility index (Phi) is 6.85. The van der Waals surface area contributed by atoms with Crippen LogP contribution < -0.4 is 20.9 Å². The number of nitrogens with zero attached hydrogens (tertiary/aromatic N) is 5. The maximum absolute atomic E-state index is 12.2. The van der Waals surface area contributed by atoms with Crippen molar-refractivity contribution in [3.8, 4) is 11.3 Å². The van der Waals surface area contributed by atoms with E-state index in [2.05, 4.69) is 48.2 Å². The molecule has 2 saturated carbocycles. The number of benzene rings is 1. The van der Waals surface area contributed by atoms with Gasteiger partial charge in [0, 0.05) is 48.4 Å². The van der Waals surface area contributed by atoms with Crippen LogP contribution in [0, 0.1) is 5.92 Å². The first kappa shape index (κ1) is 25.1. The molecule has 208 valence electrons. The summed E-state index contributed by atoms with van der Waals surface area (Å²) < 4.78 is 8.00. The monoisotopic (exact) mass is 540 g/mol. The highest BCUT2D eigenvalue weighted by Gasteiger charge is 2.31. The van der Waals surface area contributed by atoms with Gasteiger partial charge in [0.1, 0.15) is 6.33 Å². The third kappa shape index (κ3) is 5.54. The second-order valence-corrected chi connectivity index (χ2v) is 11.4. The molecule has 40 heavy (non-hydrogen) atoms. The zero-order chi connectivity index (χ0) is 26.9. The van der Waals surface area contributed by atoms with E-state index in [0.717, 1.165) is 62.1 Å². The van der Waals surface area contributed by atoms with E-state index in [-0.39, 0.29) is 17.9 Å². The van der Waals surface area contributed by atoms with Crippen LogP contribution in [0.4, 0.5) is 17.4 Å². The summed E-state index contributed by atoms with van der Waals surface area (Å²) in [6, 6.07) is 13.5. The van der Waals surface area contributed by atoms with Gasteiger partial charge < -0.3 is 25.3 Å². The van der Waals surface area contributed by atoms with Gasteiger partial charge in [-0.2, -0.15) is 5.10 Å². The molecular formula is C30H36N8O2. The topological polar surface area (TPSA) is 113 Å². The van der Waals surface area contributed by atoms with E-state index in [9.17, 15) is 4.79 Å². The molecule has 10 nitrogen and oxygen atoms in total. The van der Waals surface area contributed by atoms with Crippen molar-refractivity contribution in [1.29, 1.82) is 0 Å². The molecule has 0 radical (unpaired) electrons. The maximum atomic E-state index is 12.2. The average molecular weight is 541 g/mol. The Morgan fingerprint density at radius 3 is 2.77 bits per heavy atom. The second-order valence-electron chi connectivity index (χ2n) is 11.4. The fraction of sp³-hybridized carbons (Fsp3) is 0.467. The largest absolute Gasteiger partial charge is 0.424 e. The molecule has 1 saturated heterocycles. The van der Waals surface area contributed by atoms with Crippen LogP contribution in [0.3, 0.4) is 0 Å². The Morgan fingerprint density at radius 1 is 0.975 bits per heavy atom. The molecular weight excluding hydrogens is 504 g/mol. The molecule has 0 bridgehead atoms. The molecule has 4 heterocycles. The molecule has 1 aromatic carbocycles. The van der Waals surface area contributed by atoms with E-state index in [1.807, 2.05) is 34.8 Å². The number of carbonyl (C=O) groups excluding carboxylic acids is 1. The summed E-state index contributed by atoms with van der Waals surface area (Å²) in [6.07, 6.45) is 14.4. The predicted octanol–water partition coefficient (Wildman–Crippen LogP) is 4.71. The highest BCUT2D eigenvalue weighted by Crippen LogP contribution is 2.32. The molecule has 3 aromatic heterocycles. The van der Waals surface area contributed by atoms with Gasteiger partial charge in [-0.3, -0.25) is 4.79 Å². The minimum atomic E-state index is 0.102. The normalized spacial score (nSPS) is 23.3. The van der Waals surface area contributed by atoms with Crippen molar-refractivity contribution in [2.45, 2.75) is 69.5 Å². The molecule has 7 rings (SSSR count). The minimum Gasteiger partial charge on any atom is -0.424 e. The molecule has 0 unspecified atom stereocenters. The molecule has 1 amide bonds.